The van der Waals surface area contributed by atoms with Crippen molar-refractivity contribution >= 4 is 55.0 Å². The van der Waals surface area contributed by atoms with Crippen molar-refractivity contribution in [3.63, 3.8) is 0 Å². The molecule has 0 bridgehead atoms. The fourth-order valence-corrected chi connectivity index (χ4v) is 7.30. The molecule has 0 saturated carbocycles. The number of phosphoric ester groups is 1. The molecule has 4 aromatic carbocycles. The lowest BCUT2D eigenvalue weighted by Crippen LogP contribution is -1.98. The lowest BCUT2D eigenvalue weighted by molar-refractivity contribution is 0.264. The summed E-state index contributed by atoms with van der Waals surface area (Å²) in [5.41, 5.74) is 2.72. The zero-order valence-corrected chi connectivity index (χ0v) is 22.6. The molecule has 9 heteroatoms. The van der Waals surface area contributed by atoms with E-state index in [-0.39, 0.29) is 17.3 Å². The molecule has 1 unspecified atom stereocenters. The number of phosphoric acid groups is 1. The van der Waals surface area contributed by atoms with Gasteiger partial charge in [-0.1, -0.05) is 72.1 Å². The molecule has 6 nitrogen and oxygen atoms in total. The van der Waals surface area contributed by atoms with Gasteiger partial charge >= 0.3 is 7.82 Å². The molecule has 2 aliphatic heterocycles. The quantitative estimate of drug-likeness (QED) is 0.237. The Morgan fingerprint density at radius 1 is 0.684 bits per heavy atom. The third kappa shape index (κ3) is 4.72. The van der Waals surface area contributed by atoms with Crippen LogP contribution in [-0.2, 0) is 13.6 Å². The molecule has 0 amide bonds. The molecule has 190 valence electrons. The van der Waals surface area contributed by atoms with Crippen LogP contribution in [0.4, 0.5) is 0 Å². The van der Waals surface area contributed by atoms with E-state index < -0.39 is 7.82 Å². The Labute approximate surface area is 228 Å². The first kappa shape index (κ1) is 24.8. The van der Waals surface area contributed by atoms with Gasteiger partial charge in [0.05, 0.1) is 16.9 Å². The van der Waals surface area contributed by atoms with Crippen LogP contribution in [0.3, 0.4) is 0 Å². The highest BCUT2D eigenvalue weighted by Gasteiger charge is 2.33. The summed E-state index contributed by atoms with van der Waals surface area (Å²) in [4.78, 5) is 14.2. The van der Waals surface area contributed by atoms with Gasteiger partial charge in [-0.2, -0.15) is 0 Å². The van der Waals surface area contributed by atoms with Crippen LogP contribution in [0.1, 0.15) is 22.3 Å². The van der Waals surface area contributed by atoms with Gasteiger partial charge < -0.3 is 18.9 Å². The summed E-state index contributed by atoms with van der Waals surface area (Å²) in [6.07, 6.45) is 3.41. The van der Waals surface area contributed by atoms with Crippen LogP contribution in [0.15, 0.2) is 105 Å². The fraction of sp³-hybridized carbons (Fsp3) is 0.0345. The Kier molecular flexibility index (Phi) is 6.50. The highest BCUT2D eigenvalue weighted by Crippen LogP contribution is 2.56. The number of ether oxygens (including phenoxy) is 1. The molecule has 0 aliphatic carbocycles. The Morgan fingerprint density at radius 3 is 1.82 bits per heavy atom. The van der Waals surface area contributed by atoms with Crippen LogP contribution < -0.4 is 4.74 Å². The Hall–Kier alpha value is -3.55. The molecule has 2 N–H and O–H groups in total. The van der Waals surface area contributed by atoms with E-state index in [9.17, 15) is 14.6 Å². The van der Waals surface area contributed by atoms with Gasteiger partial charge in [-0.3, -0.25) is 4.89 Å². The van der Waals surface area contributed by atoms with Crippen LogP contribution in [0.25, 0.3) is 23.7 Å². The summed E-state index contributed by atoms with van der Waals surface area (Å²) in [7, 11) is -3.14. The maximum Gasteiger partial charge on any atom is 0.584 e. The van der Waals surface area contributed by atoms with Crippen molar-refractivity contribution in [2.45, 2.75) is 19.6 Å². The van der Waals surface area contributed by atoms with Crippen molar-refractivity contribution in [1.29, 1.82) is 0 Å². The normalized spacial score (nSPS) is 15.1. The monoisotopic (exact) mass is 560 g/mol. The molecule has 6 rings (SSSR count). The average molecular weight is 561 g/mol. The molecule has 0 spiro atoms. The number of aromatic hydroxyl groups is 1. The number of phenols is 1. The Balaban J connectivity index is 1.42. The minimum atomic E-state index is -4.72. The second-order valence-electron chi connectivity index (χ2n) is 8.44. The van der Waals surface area contributed by atoms with Crippen molar-refractivity contribution in [1.82, 2.24) is 0 Å². The fourth-order valence-electron chi connectivity index (χ4n) is 4.26. The maximum atomic E-state index is 13.6. The van der Waals surface area contributed by atoms with Crippen molar-refractivity contribution in [3.8, 4) is 11.5 Å². The van der Waals surface area contributed by atoms with Gasteiger partial charge in [0.25, 0.3) is 0 Å². The maximum absolute atomic E-state index is 13.6. The first-order valence-corrected chi connectivity index (χ1v) is 14.7. The number of methoxy groups -OCH3 is 1. The number of hydrogen-bond donors (Lipinski definition) is 2. The first-order valence-electron chi connectivity index (χ1n) is 11.6. The predicted octanol–water partition coefficient (Wildman–Crippen LogP) is 8.16. The van der Waals surface area contributed by atoms with E-state index in [1.807, 2.05) is 60.7 Å². The van der Waals surface area contributed by atoms with E-state index in [0.717, 1.165) is 25.8 Å². The van der Waals surface area contributed by atoms with E-state index in [1.54, 1.807) is 43.5 Å². The molecule has 0 fully saturated rings. The van der Waals surface area contributed by atoms with Crippen LogP contribution >= 0.6 is 31.3 Å². The number of benzene rings is 4. The average Bonchev–Trinajstić information content (AvgIpc) is 3.16. The number of phenolic OH excluding ortho intramolecular Hbond substituents is 1. The molecule has 0 aromatic heterocycles. The van der Waals surface area contributed by atoms with Gasteiger partial charge in [-0.05, 0) is 59.7 Å². The molecule has 0 saturated heterocycles. The second kappa shape index (κ2) is 9.97. The van der Waals surface area contributed by atoms with Crippen LogP contribution in [0.2, 0.25) is 0 Å². The zero-order chi connectivity index (χ0) is 26.3. The van der Waals surface area contributed by atoms with E-state index in [4.69, 9.17) is 13.8 Å². The van der Waals surface area contributed by atoms with Crippen LogP contribution in [0, 0.1) is 0 Å². The Morgan fingerprint density at radius 2 is 1.21 bits per heavy atom. The smallest absolute Gasteiger partial charge is 0.507 e. The number of rotatable bonds is 5. The molecular formula is C29H21O6PS2. The summed E-state index contributed by atoms with van der Waals surface area (Å²) >= 11 is 2.86. The third-order valence-corrected chi connectivity index (χ3v) is 9.28. The SMILES string of the molecule is COc1cccc2c1Sc1ccccc1C=C2OP(=O)(O)OC1=Cc2ccccc2Sc2c(O)cccc21. The summed E-state index contributed by atoms with van der Waals surface area (Å²) in [5.74, 6) is 0.974. The van der Waals surface area contributed by atoms with Gasteiger partial charge in [0.15, 0.2) is 0 Å². The summed E-state index contributed by atoms with van der Waals surface area (Å²) < 4.78 is 30.7. The minimum Gasteiger partial charge on any atom is -0.507 e. The van der Waals surface area contributed by atoms with Gasteiger partial charge in [-0.15, -0.1) is 0 Å². The second-order valence-corrected chi connectivity index (χ2v) is 11.8. The number of fused-ring (bicyclic) bond motifs is 4. The largest absolute Gasteiger partial charge is 0.584 e. The molecule has 1 atom stereocenters. The molecule has 38 heavy (non-hydrogen) atoms. The highest BCUT2D eigenvalue weighted by atomic mass is 32.2. The topological polar surface area (TPSA) is 85.2 Å². The summed E-state index contributed by atoms with van der Waals surface area (Å²) in [6, 6.07) is 25.7. The van der Waals surface area contributed by atoms with Crippen molar-refractivity contribution < 1.29 is 28.3 Å². The van der Waals surface area contributed by atoms with Gasteiger partial charge in [0.1, 0.15) is 23.0 Å². The minimum absolute atomic E-state index is 0.0496. The molecule has 0 radical (unpaired) electrons. The highest BCUT2D eigenvalue weighted by molar-refractivity contribution is 8.00. The molecule has 4 aromatic rings. The summed E-state index contributed by atoms with van der Waals surface area (Å²) in [5, 5.41) is 10.6. The zero-order valence-electron chi connectivity index (χ0n) is 20.0. The lowest BCUT2D eigenvalue weighted by atomic mass is 10.1. The van der Waals surface area contributed by atoms with Gasteiger partial charge in [0, 0.05) is 20.9 Å². The first-order chi connectivity index (χ1) is 18.4. The van der Waals surface area contributed by atoms with Crippen molar-refractivity contribution in [2.75, 3.05) is 7.11 Å². The van der Waals surface area contributed by atoms with Crippen LogP contribution in [0.5, 0.6) is 11.5 Å². The molecular weight excluding hydrogens is 539 g/mol. The Bertz CT molecular complexity index is 1680. The van der Waals surface area contributed by atoms with E-state index in [2.05, 4.69) is 0 Å². The van der Waals surface area contributed by atoms with Crippen molar-refractivity contribution in [3.05, 3.63) is 107 Å². The third-order valence-electron chi connectivity index (χ3n) is 5.99. The van der Waals surface area contributed by atoms with Gasteiger partial charge in [0.2, 0.25) is 0 Å². The standard InChI is InChI=1S/C29H21O6PS2/c1-33-23-13-7-11-21-25(17-19-9-3-5-15-27(19)38-29(21)23)35-36(31,32)34-24-16-18-8-2-4-14-26(18)37-28-20(24)10-6-12-22(28)30/h2-17,30H,1H3,(H,31,32). The van der Waals surface area contributed by atoms with Gasteiger partial charge in [-0.25, -0.2) is 4.57 Å². The van der Waals surface area contributed by atoms with Crippen LogP contribution in [-0.4, -0.2) is 17.1 Å². The number of hydrogen-bond acceptors (Lipinski definition) is 7. The molecule has 2 heterocycles. The van der Waals surface area contributed by atoms with E-state index in [0.29, 0.717) is 21.8 Å². The predicted molar refractivity (Wildman–Crippen MR) is 150 cm³/mol. The molecule has 2 aliphatic rings. The van der Waals surface area contributed by atoms with Crippen molar-refractivity contribution in [2.24, 2.45) is 0 Å². The lowest BCUT2D eigenvalue weighted by Gasteiger charge is -2.20. The summed E-state index contributed by atoms with van der Waals surface area (Å²) in [6.45, 7) is 0. The van der Waals surface area contributed by atoms with E-state index in [1.165, 1.54) is 23.5 Å². The van der Waals surface area contributed by atoms with E-state index >= 15 is 0 Å².